The molecule has 0 saturated carbocycles. The van der Waals surface area contributed by atoms with Gasteiger partial charge in [-0.1, -0.05) is 19.8 Å². The predicted octanol–water partition coefficient (Wildman–Crippen LogP) is 3.60. The number of hydrogen-bond acceptors (Lipinski definition) is 8. The van der Waals surface area contributed by atoms with Crippen LogP contribution in [0.4, 0.5) is 4.79 Å². The van der Waals surface area contributed by atoms with E-state index >= 15 is 0 Å². The molecule has 5 rings (SSSR count). The Kier molecular flexibility index (Phi) is 8.97. The molecule has 40 heavy (non-hydrogen) atoms. The second-order valence-corrected chi connectivity index (χ2v) is 12.4. The minimum atomic E-state index is -0.390. The van der Waals surface area contributed by atoms with E-state index in [4.69, 9.17) is 14.2 Å². The number of unbranched alkanes of at least 4 members (excludes halogenated alkanes) is 1. The first-order chi connectivity index (χ1) is 19.2. The molecule has 2 amide bonds. The van der Waals surface area contributed by atoms with Crippen LogP contribution in [0.15, 0.2) is 6.33 Å². The largest absolute Gasteiger partial charge is 0.442 e. The van der Waals surface area contributed by atoms with Crippen LogP contribution in [-0.4, -0.2) is 113 Å². The van der Waals surface area contributed by atoms with Gasteiger partial charge in [0.25, 0.3) is 5.91 Å². The summed E-state index contributed by atoms with van der Waals surface area (Å²) in [6, 6.07) is 0. The number of likely N-dealkylation sites (tertiary alicyclic amines) is 2. The first-order valence-corrected chi connectivity index (χ1v) is 15.2. The van der Waals surface area contributed by atoms with Crippen molar-refractivity contribution in [2.75, 3.05) is 59.1 Å². The normalized spacial score (nSPS) is 27.1. The maximum Gasteiger partial charge on any atom is 0.410 e. The number of aromatic nitrogens is 2. The van der Waals surface area contributed by atoms with E-state index in [-0.39, 0.29) is 23.6 Å². The van der Waals surface area contributed by atoms with Crippen molar-refractivity contribution < 1.29 is 23.8 Å². The van der Waals surface area contributed by atoms with Crippen LogP contribution in [0.25, 0.3) is 0 Å². The van der Waals surface area contributed by atoms with Gasteiger partial charge in [0.15, 0.2) is 0 Å². The van der Waals surface area contributed by atoms with Crippen molar-refractivity contribution >= 4 is 12.0 Å². The molecule has 4 saturated heterocycles. The van der Waals surface area contributed by atoms with E-state index in [1.54, 1.807) is 0 Å². The van der Waals surface area contributed by atoms with Crippen molar-refractivity contribution in [2.45, 2.75) is 89.9 Å². The molecule has 4 aliphatic heterocycles. The summed E-state index contributed by atoms with van der Waals surface area (Å²) >= 11 is 0. The summed E-state index contributed by atoms with van der Waals surface area (Å²) in [5.41, 5.74) is 1.76. The van der Waals surface area contributed by atoms with Gasteiger partial charge in [0.05, 0.1) is 49.4 Å². The Morgan fingerprint density at radius 1 is 1.05 bits per heavy atom. The summed E-state index contributed by atoms with van der Waals surface area (Å²) in [6.07, 6.45) is 8.15. The fraction of sp³-hybridized carbons (Fsp3) is 0.800. The van der Waals surface area contributed by atoms with E-state index in [0.29, 0.717) is 37.8 Å². The highest BCUT2D eigenvalue weighted by Gasteiger charge is 2.51. The lowest BCUT2D eigenvalue weighted by Crippen LogP contribution is -2.64. The van der Waals surface area contributed by atoms with Gasteiger partial charge in [0.1, 0.15) is 11.9 Å². The molecular formula is C30H47N5O5. The summed E-state index contributed by atoms with van der Waals surface area (Å²) < 4.78 is 17.7. The van der Waals surface area contributed by atoms with Gasteiger partial charge < -0.3 is 24.0 Å². The Hall–Kier alpha value is -2.30. The van der Waals surface area contributed by atoms with Gasteiger partial charge in [-0.3, -0.25) is 9.69 Å². The third kappa shape index (κ3) is 5.99. The summed E-state index contributed by atoms with van der Waals surface area (Å²) in [6.45, 7) is 14.6. The van der Waals surface area contributed by atoms with Gasteiger partial charge >= 0.3 is 6.09 Å². The van der Waals surface area contributed by atoms with Gasteiger partial charge in [0.2, 0.25) is 0 Å². The van der Waals surface area contributed by atoms with Gasteiger partial charge in [-0.2, -0.15) is 0 Å². The predicted molar refractivity (Wildman–Crippen MR) is 150 cm³/mol. The zero-order chi connectivity index (χ0) is 28.3. The van der Waals surface area contributed by atoms with E-state index < -0.39 is 5.60 Å². The summed E-state index contributed by atoms with van der Waals surface area (Å²) in [5, 5.41) is 0. The van der Waals surface area contributed by atoms with Crippen molar-refractivity contribution in [3.05, 3.63) is 23.3 Å². The molecule has 4 aliphatic rings. The molecule has 222 valence electrons. The molecule has 5 heterocycles. The number of amides is 2. The van der Waals surface area contributed by atoms with E-state index in [1.807, 2.05) is 23.6 Å². The van der Waals surface area contributed by atoms with Crippen LogP contribution in [0.5, 0.6) is 0 Å². The lowest BCUT2D eigenvalue weighted by molar-refractivity contribution is -0.145. The van der Waals surface area contributed by atoms with Crippen molar-refractivity contribution in [3.8, 4) is 0 Å². The van der Waals surface area contributed by atoms with Gasteiger partial charge in [0, 0.05) is 57.0 Å². The smallest absolute Gasteiger partial charge is 0.410 e. The zero-order valence-corrected chi connectivity index (χ0v) is 24.8. The molecule has 1 unspecified atom stereocenters. The molecule has 4 fully saturated rings. The van der Waals surface area contributed by atoms with Crippen LogP contribution in [0.1, 0.15) is 80.5 Å². The summed E-state index contributed by atoms with van der Waals surface area (Å²) in [7, 11) is 0. The summed E-state index contributed by atoms with van der Waals surface area (Å²) in [4.78, 5) is 41.4. The average Bonchev–Trinajstić information content (AvgIpc) is 2.95. The Morgan fingerprint density at radius 2 is 1.75 bits per heavy atom. The Balaban J connectivity index is 1.19. The average molecular weight is 558 g/mol. The number of piperidine rings is 2. The van der Waals surface area contributed by atoms with Gasteiger partial charge in [-0.05, 0) is 40.0 Å². The molecule has 0 radical (unpaired) electrons. The number of aryl methyl sites for hydroxylation is 2. The number of ether oxygens (including phenoxy) is 3. The molecule has 1 spiro atoms. The highest BCUT2D eigenvalue weighted by atomic mass is 16.6. The molecule has 0 aliphatic carbocycles. The lowest BCUT2D eigenvalue weighted by atomic mass is 9.74. The van der Waals surface area contributed by atoms with Gasteiger partial charge in [-0.25, -0.2) is 14.8 Å². The van der Waals surface area contributed by atoms with E-state index in [0.717, 1.165) is 89.1 Å². The maximum absolute atomic E-state index is 13.3. The second-order valence-electron chi connectivity index (χ2n) is 12.4. The Morgan fingerprint density at radius 3 is 2.38 bits per heavy atom. The van der Waals surface area contributed by atoms with E-state index in [9.17, 15) is 9.59 Å². The van der Waals surface area contributed by atoms with Crippen LogP contribution >= 0.6 is 0 Å². The summed E-state index contributed by atoms with van der Waals surface area (Å²) in [5.74, 6) is 0.363. The highest BCUT2D eigenvalue weighted by molar-refractivity contribution is 5.96. The molecular weight excluding hydrogens is 510 g/mol. The molecule has 10 heteroatoms. The van der Waals surface area contributed by atoms with Crippen LogP contribution in [0.3, 0.4) is 0 Å². The molecule has 10 nitrogen and oxygen atoms in total. The van der Waals surface area contributed by atoms with Crippen LogP contribution in [-0.2, 0) is 14.2 Å². The van der Waals surface area contributed by atoms with Gasteiger partial charge in [-0.15, -0.1) is 0 Å². The van der Waals surface area contributed by atoms with Crippen molar-refractivity contribution in [2.24, 2.45) is 5.92 Å². The third-order valence-corrected chi connectivity index (χ3v) is 9.89. The molecule has 2 atom stereocenters. The van der Waals surface area contributed by atoms with Crippen LogP contribution in [0.2, 0.25) is 0 Å². The number of nitrogens with zero attached hydrogens (tertiary/aromatic N) is 5. The molecule has 1 aromatic heterocycles. The standard InChI is InChI=1S/C30H47N5O5/c1-5-6-7-24-18-34(19-25-20-38-16-17-39-25)28(37)40-30(24)10-14-35(15-11-30)29(4)8-12-33(13-9-29)27(36)26-22(2)31-21-32-23(26)3/h21,24-25H,5-20H2,1-4H3/t24?,25-/m0/s1. The second kappa shape index (κ2) is 12.3. The van der Waals surface area contributed by atoms with E-state index in [1.165, 1.54) is 6.33 Å². The quantitative estimate of drug-likeness (QED) is 0.502. The maximum atomic E-state index is 13.3. The zero-order valence-electron chi connectivity index (χ0n) is 24.8. The topological polar surface area (TPSA) is 97.3 Å². The Labute approximate surface area is 238 Å². The van der Waals surface area contributed by atoms with Crippen molar-refractivity contribution in [1.82, 2.24) is 24.7 Å². The van der Waals surface area contributed by atoms with Crippen molar-refractivity contribution in [1.29, 1.82) is 0 Å². The fourth-order valence-corrected chi connectivity index (χ4v) is 7.17. The van der Waals surface area contributed by atoms with Crippen LogP contribution < -0.4 is 0 Å². The van der Waals surface area contributed by atoms with Crippen molar-refractivity contribution in [3.63, 3.8) is 0 Å². The molecule has 0 aromatic carbocycles. The lowest BCUT2D eigenvalue weighted by Gasteiger charge is -2.55. The fourth-order valence-electron chi connectivity index (χ4n) is 7.17. The first-order valence-electron chi connectivity index (χ1n) is 15.2. The number of rotatable bonds is 7. The number of carbonyl (C=O) groups is 2. The van der Waals surface area contributed by atoms with E-state index in [2.05, 4.69) is 28.7 Å². The SMILES string of the molecule is CCCCC1CN(C[C@H]2COCCO2)C(=O)OC12CCN(C1(C)CCN(C(=O)c3c(C)ncnc3C)CC1)CC2. The monoisotopic (exact) mass is 557 g/mol. The first kappa shape index (κ1) is 29.2. The molecule has 0 bridgehead atoms. The number of hydrogen-bond donors (Lipinski definition) is 0. The molecule has 1 aromatic rings. The Bertz CT molecular complexity index is 1020. The highest BCUT2D eigenvalue weighted by Crippen LogP contribution is 2.43. The van der Waals surface area contributed by atoms with Crippen LogP contribution in [0, 0.1) is 19.8 Å². The number of carbonyl (C=O) groups excluding carboxylic acids is 2. The minimum absolute atomic E-state index is 0.0254. The third-order valence-electron chi connectivity index (χ3n) is 9.89. The molecule has 0 N–H and O–H groups in total. The minimum Gasteiger partial charge on any atom is -0.442 e.